The van der Waals surface area contributed by atoms with E-state index in [9.17, 15) is 4.79 Å². The fraction of sp³-hybridized carbons (Fsp3) is 0.462. The SMILES string of the molecule is CNC(=O)CCC(CN)c1cc(Cl)ccc1OC. The quantitative estimate of drug-likeness (QED) is 0.830. The first-order valence-electron chi connectivity index (χ1n) is 5.86. The molecule has 1 amide bonds. The van der Waals surface area contributed by atoms with Gasteiger partial charge in [0, 0.05) is 24.4 Å². The largest absolute Gasteiger partial charge is 0.496 e. The van der Waals surface area contributed by atoms with E-state index >= 15 is 0 Å². The third-order valence-electron chi connectivity index (χ3n) is 2.91. The second-order valence-electron chi connectivity index (χ2n) is 4.03. The van der Waals surface area contributed by atoms with E-state index in [2.05, 4.69) is 5.32 Å². The fourth-order valence-corrected chi connectivity index (χ4v) is 2.04. The molecule has 1 aromatic carbocycles. The fourth-order valence-electron chi connectivity index (χ4n) is 1.85. The average molecular weight is 271 g/mol. The number of carbonyl (C=O) groups excluding carboxylic acids is 1. The van der Waals surface area contributed by atoms with E-state index in [1.54, 1.807) is 20.2 Å². The topological polar surface area (TPSA) is 64.4 Å². The highest BCUT2D eigenvalue weighted by Gasteiger charge is 2.16. The van der Waals surface area contributed by atoms with Crippen molar-refractivity contribution in [2.24, 2.45) is 5.73 Å². The zero-order valence-electron chi connectivity index (χ0n) is 10.7. The van der Waals surface area contributed by atoms with Crippen molar-refractivity contribution in [3.63, 3.8) is 0 Å². The van der Waals surface area contributed by atoms with Gasteiger partial charge in [-0.3, -0.25) is 4.79 Å². The highest BCUT2D eigenvalue weighted by molar-refractivity contribution is 6.30. The minimum absolute atomic E-state index is 0.00875. The number of benzene rings is 1. The van der Waals surface area contributed by atoms with Crippen LogP contribution >= 0.6 is 11.6 Å². The van der Waals surface area contributed by atoms with Gasteiger partial charge in [0.1, 0.15) is 5.75 Å². The van der Waals surface area contributed by atoms with Crippen LogP contribution in [0.3, 0.4) is 0 Å². The summed E-state index contributed by atoms with van der Waals surface area (Å²) in [6.07, 6.45) is 1.11. The third-order valence-corrected chi connectivity index (χ3v) is 3.15. The molecule has 0 heterocycles. The van der Waals surface area contributed by atoms with Crippen LogP contribution in [0, 0.1) is 0 Å². The summed E-state index contributed by atoms with van der Waals surface area (Å²) in [4.78, 5) is 11.3. The number of halogens is 1. The molecule has 0 aromatic heterocycles. The van der Waals surface area contributed by atoms with Crippen molar-refractivity contribution in [3.05, 3.63) is 28.8 Å². The molecule has 3 N–H and O–H groups in total. The highest BCUT2D eigenvalue weighted by Crippen LogP contribution is 2.31. The molecule has 0 saturated heterocycles. The number of methoxy groups -OCH3 is 1. The zero-order chi connectivity index (χ0) is 13.5. The number of hydrogen-bond acceptors (Lipinski definition) is 3. The molecule has 18 heavy (non-hydrogen) atoms. The van der Waals surface area contributed by atoms with Crippen molar-refractivity contribution >= 4 is 17.5 Å². The van der Waals surface area contributed by atoms with Gasteiger partial charge in [-0.15, -0.1) is 0 Å². The number of nitrogens with two attached hydrogens (primary N) is 1. The molecule has 0 radical (unpaired) electrons. The number of amides is 1. The Labute approximate surface area is 112 Å². The van der Waals surface area contributed by atoms with E-state index in [0.29, 0.717) is 24.4 Å². The van der Waals surface area contributed by atoms with Gasteiger partial charge in [0.2, 0.25) is 5.91 Å². The summed E-state index contributed by atoms with van der Waals surface area (Å²) in [5.74, 6) is 0.831. The Hall–Kier alpha value is -1.26. The van der Waals surface area contributed by atoms with Crippen molar-refractivity contribution in [3.8, 4) is 5.75 Å². The van der Waals surface area contributed by atoms with Crippen molar-refractivity contribution in [1.29, 1.82) is 0 Å². The lowest BCUT2D eigenvalue weighted by Crippen LogP contribution is -2.20. The van der Waals surface area contributed by atoms with Crippen LogP contribution in [0.5, 0.6) is 5.75 Å². The Bertz CT molecular complexity index is 410. The normalized spacial score (nSPS) is 12.0. The van der Waals surface area contributed by atoms with E-state index in [1.807, 2.05) is 12.1 Å². The van der Waals surface area contributed by atoms with Gasteiger partial charge in [-0.25, -0.2) is 0 Å². The van der Waals surface area contributed by atoms with Crippen LogP contribution in [0.25, 0.3) is 0 Å². The second kappa shape index (κ2) is 7.24. The Morgan fingerprint density at radius 3 is 2.83 bits per heavy atom. The summed E-state index contributed by atoms with van der Waals surface area (Å²) in [7, 11) is 3.23. The van der Waals surface area contributed by atoms with Gasteiger partial charge in [-0.05, 0) is 36.7 Å². The summed E-state index contributed by atoms with van der Waals surface area (Å²) >= 11 is 5.99. The summed E-state index contributed by atoms with van der Waals surface area (Å²) in [6.45, 7) is 0.452. The van der Waals surface area contributed by atoms with Crippen LogP contribution in [0.2, 0.25) is 5.02 Å². The molecule has 5 heteroatoms. The van der Waals surface area contributed by atoms with Crippen LogP contribution in [0.4, 0.5) is 0 Å². The zero-order valence-corrected chi connectivity index (χ0v) is 11.5. The molecule has 4 nitrogen and oxygen atoms in total. The van der Waals surface area contributed by atoms with Crippen LogP contribution in [0.1, 0.15) is 24.3 Å². The molecular weight excluding hydrogens is 252 g/mol. The first-order valence-corrected chi connectivity index (χ1v) is 6.24. The lowest BCUT2D eigenvalue weighted by molar-refractivity contribution is -0.120. The van der Waals surface area contributed by atoms with Gasteiger partial charge in [0.15, 0.2) is 0 Å². The highest BCUT2D eigenvalue weighted by atomic mass is 35.5. The maximum absolute atomic E-state index is 11.3. The van der Waals surface area contributed by atoms with E-state index in [0.717, 1.165) is 11.3 Å². The lowest BCUT2D eigenvalue weighted by Gasteiger charge is -2.18. The minimum Gasteiger partial charge on any atom is -0.496 e. The first-order chi connectivity index (χ1) is 8.62. The molecule has 0 aliphatic heterocycles. The van der Waals surface area contributed by atoms with Gasteiger partial charge in [0.25, 0.3) is 0 Å². The summed E-state index contributed by atoms with van der Waals surface area (Å²) < 4.78 is 5.30. The first kappa shape index (κ1) is 14.8. The molecule has 0 bridgehead atoms. The monoisotopic (exact) mass is 270 g/mol. The molecule has 0 spiro atoms. The Balaban J connectivity index is 2.86. The van der Waals surface area contributed by atoms with Crippen molar-refractivity contribution in [2.45, 2.75) is 18.8 Å². The molecule has 1 unspecified atom stereocenters. The molecule has 1 rings (SSSR count). The number of carbonyl (C=O) groups is 1. The van der Waals surface area contributed by atoms with Crippen LogP contribution in [-0.4, -0.2) is 26.6 Å². The molecular formula is C13H19ClN2O2. The van der Waals surface area contributed by atoms with E-state index in [4.69, 9.17) is 22.1 Å². The molecule has 0 fully saturated rings. The van der Waals surface area contributed by atoms with Crippen molar-refractivity contribution < 1.29 is 9.53 Å². The predicted molar refractivity (Wildman–Crippen MR) is 73.1 cm³/mol. The van der Waals surface area contributed by atoms with E-state index in [-0.39, 0.29) is 11.8 Å². The Morgan fingerprint density at radius 2 is 2.28 bits per heavy atom. The average Bonchev–Trinajstić information content (AvgIpc) is 2.39. The molecule has 1 aromatic rings. The van der Waals surface area contributed by atoms with Crippen LogP contribution in [-0.2, 0) is 4.79 Å². The molecule has 1 atom stereocenters. The molecule has 0 saturated carbocycles. The van der Waals surface area contributed by atoms with Crippen LogP contribution < -0.4 is 15.8 Å². The van der Waals surface area contributed by atoms with Crippen molar-refractivity contribution in [1.82, 2.24) is 5.32 Å². The number of nitrogens with one attached hydrogen (secondary N) is 1. The molecule has 100 valence electrons. The van der Waals surface area contributed by atoms with Gasteiger partial charge in [0.05, 0.1) is 7.11 Å². The van der Waals surface area contributed by atoms with Gasteiger partial charge in [-0.1, -0.05) is 11.6 Å². The summed E-state index contributed by atoms with van der Waals surface area (Å²) in [5, 5.41) is 3.24. The molecule has 0 aliphatic carbocycles. The maximum atomic E-state index is 11.3. The Morgan fingerprint density at radius 1 is 1.56 bits per heavy atom. The van der Waals surface area contributed by atoms with Crippen molar-refractivity contribution in [2.75, 3.05) is 20.7 Å². The van der Waals surface area contributed by atoms with E-state index in [1.165, 1.54) is 0 Å². The molecule has 0 aliphatic rings. The van der Waals surface area contributed by atoms with Gasteiger partial charge in [-0.2, -0.15) is 0 Å². The Kier molecular flexibility index (Phi) is 5.95. The van der Waals surface area contributed by atoms with Gasteiger partial charge < -0.3 is 15.8 Å². The van der Waals surface area contributed by atoms with Gasteiger partial charge >= 0.3 is 0 Å². The van der Waals surface area contributed by atoms with Crippen LogP contribution in [0.15, 0.2) is 18.2 Å². The standard InChI is InChI=1S/C13H19ClN2O2/c1-16-13(17)6-3-9(8-15)11-7-10(14)4-5-12(11)18-2/h4-5,7,9H,3,6,8,15H2,1-2H3,(H,16,17). The number of ether oxygens (including phenoxy) is 1. The number of rotatable bonds is 6. The predicted octanol–water partition coefficient (Wildman–Crippen LogP) is 1.92. The maximum Gasteiger partial charge on any atom is 0.219 e. The summed E-state index contributed by atoms with van der Waals surface area (Å²) in [6, 6.07) is 5.44. The smallest absolute Gasteiger partial charge is 0.219 e. The number of hydrogen-bond donors (Lipinski definition) is 2. The lowest BCUT2D eigenvalue weighted by atomic mass is 9.93. The second-order valence-corrected chi connectivity index (χ2v) is 4.47. The van der Waals surface area contributed by atoms with E-state index < -0.39 is 0 Å². The third kappa shape index (κ3) is 3.89. The minimum atomic E-state index is 0.00875. The summed E-state index contributed by atoms with van der Waals surface area (Å²) in [5.41, 5.74) is 6.73.